The standard InChI is InChI=1S/C25H33N3O2/c1-19-5-4-6-24(15-19)27-11-13-28(14-12-27)25(29)23-9-7-22(8-10-23)18-26-16-20(2)30-21(3)17-26/h4-10,15,20-21H,11-14,16-18H2,1-3H3/t20-,21-/m1/s1. The summed E-state index contributed by atoms with van der Waals surface area (Å²) in [6, 6.07) is 16.7. The lowest BCUT2D eigenvalue weighted by Crippen LogP contribution is -2.48. The lowest BCUT2D eigenvalue weighted by molar-refractivity contribution is -0.0704. The van der Waals surface area contributed by atoms with Crippen molar-refractivity contribution in [3.05, 3.63) is 65.2 Å². The molecule has 0 aromatic heterocycles. The molecule has 4 rings (SSSR count). The molecule has 0 unspecified atom stereocenters. The van der Waals surface area contributed by atoms with Crippen LogP contribution in [0.15, 0.2) is 48.5 Å². The summed E-state index contributed by atoms with van der Waals surface area (Å²) in [7, 11) is 0. The van der Waals surface area contributed by atoms with E-state index in [9.17, 15) is 4.79 Å². The first kappa shape index (κ1) is 20.9. The van der Waals surface area contributed by atoms with Crippen LogP contribution in [-0.2, 0) is 11.3 Å². The fourth-order valence-electron chi connectivity index (χ4n) is 4.60. The molecule has 0 radical (unpaired) electrons. The highest BCUT2D eigenvalue weighted by Crippen LogP contribution is 2.19. The van der Waals surface area contributed by atoms with Gasteiger partial charge < -0.3 is 14.5 Å². The molecule has 2 aromatic rings. The highest BCUT2D eigenvalue weighted by molar-refractivity contribution is 5.94. The number of hydrogen-bond acceptors (Lipinski definition) is 4. The van der Waals surface area contributed by atoms with Gasteiger partial charge in [-0.15, -0.1) is 0 Å². The smallest absolute Gasteiger partial charge is 0.253 e. The number of ether oxygens (including phenoxy) is 1. The monoisotopic (exact) mass is 407 g/mol. The van der Waals surface area contributed by atoms with Crippen molar-refractivity contribution >= 4 is 11.6 Å². The second kappa shape index (κ2) is 9.19. The number of rotatable bonds is 4. The molecule has 5 nitrogen and oxygen atoms in total. The molecule has 0 bridgehead atoms. The number of morpholine rings is 1. The van der Waals surface area contributed by atoms with Gasteiger partial charge in [-0.25, -0.2) is 0 Å². The first-order valence-electron chi connectivity index (χ1n) is 11.1. The summed E-state index contributed by atoms with van der Waals surface area (Å²) in [5.41, 5.74) is 4.55. The summed E-state index contributed by atoms with van der Waals surface area (Å²) in [4.78, 5) is 19.7. The minimum Gasteiger partial charge on any atom is -0.373 e. The molecular formula is C25H33N3O2. The van der Waals surface area contributed by atoms with Gasteiger partial charge in [0.2, 0.25) is 0 Å². The minimum absolute atomic E-state index is 0.138. The van der Waals surface area contributed by atoms with Crippen LogP contribution < -0.4 is 4.90 Å². The number of piperazine rings is 1. The van der Waals surface area contributed by atoms with E-state index in [1.165, 1.54) is 16.8 Å². The number of aryl methyl sites for hydroxylation is 1. The molecule has 5 heteroatoms. The molecule has 0 N–H and O–H groups in total. The second-order valence-electron chi connectivity index (χ2n) is 8.77. The Kier molecular flexibility index (Phi) is 6.40. The van der Waals surface area contributed by atoms with Gasteiger partial charge in [0.05, 0.1) is 12.2 Å². The highest BCUT2D eigenvalue weighted by Gasteiger charge is 2.24. The Bertz CT molecular complexity index is 849. The van der Waals surface area contributed by atoms with Crippen LogP contribution in [0.3, 0.4) is 0 Å². The van der Waals surface area contributed by atoms with Crippen LogP contribution in [0.1, 0.15) is 35.3 Å². The Labute approximate surface area is 180 Å². The molecule has 2 aromatic carbocycles. The first-order chi connectivity index (χ1) is 14.5. The average Bonchev–Trinajstić information content (AvgIpc) is 2.73. The van der Waals surface area contributed by atoms with Crippen molar-refractivity contribution in [2.45, 2.75) is 39.5 Å². The van der Waals surface area contributed by atoms with Gasteiger partial charge in [-0.05, 0) is 56.2 Å². The van der Waals surface area contributed by atoms with Gasteiger partial charge >= 0.3 is 0 Å². The van der Waals surface area contributed by atoms with Gasteiger partial charge in [0.25, 0.3) is 5.91 Å². The Hall–Kier alpha value is -2.37. The van der Waals surface area contributed by atoms with Gasteiger partial charge in [0.1, 0.15) is 0 Å². The van der Waals surface area contributed by atoms with Crippen LogP contribution >= 0.6 is 0 Å². The van der Waals surface area contributed by atoms with Gasteiger partial charge in [-0.2, -0.15) is 0 Å². The first-order valence-corrected chi connectivity index (χ1v) is 11.1. The average molecular weight is 408 g/mol. The van der Waals surface area contributed by atoms with Gasteiger partial charge in [-0.1, -0.05) is 24.3 Å². The van der Waals surface area contributed by atoms with Crippen molar-refractivity contribution in [1.29, 1.82) is 0 Å². The third kappa shape index (κ3) is 5.02. The van der Waals surface area contributed by atoms with Crippen molar-refractivity contribution in [3.8, 4) is 0 Å². The lowest BCUT2D eigenvalue weighted by atomic mass is 10.1. The van der Waals surface area contributed by atoms with Gasteiger partial charge in [-0.3, -0.25) is 9.69 Å². The quantitative estimate of drug-likeness (QED) is 0.776. The van der Waals surface area contributed by atoms with Gasteiger partial charge in [0, 0.05) is 57.1 Å². The van der Waals surface area contributed by atoms with Crippen LogP contribution in [-0.4, -0.2) is 67.2 Å². The van der Waals surface area contributed by atoms with Crippen LogP contribution in [0.2, 0.25) is 0 Å². The number of hydrogen-bond donors (Lipinski definition) is 0. The predicted octanol–water partition coefficient (Wildman–Crippen LogP) is 3.57. The van der Waals surface area contributed by atoms with Crippen molar-refractivity contribution in [2.75, 3.05) is 44.2 Å². The summed E-state index contributed by atoms with van der Waals surface area (Å²) in [5, 5.41) is 0. The van der Waals surface area contributed by atoms with E-state index in [0.717, 1.165) is 51.4 Å². The molecule has 2 aliphatic rings. The lowest BCUT2D eigenvalue weighted by Gasteiger charge is -2.36. The molecular weight excluding hydrogens is 374 g/mol. The molecule has 2 aliphatic heterocycles. The normalized spacial score (nSPS) is 22.9. The van der Waals surface area contributed by atoms with Crippen molar-refractivity contribution in [2.24, 2.45) is 0 Å². The Morgan fingerprint density at radius 1 is 0.967 bits per heavy atom. The zero-order valence-electron chi connectivity index (χ0n) is 18.4. The number of nitrogens with zero attached hydrogens (tertiary/aromatic N) is 3. The van der Waals surface area contributed by atoms with Crippen LogP contribution in [0, 0.1) is 6.92 Å². The Morgan fingerprint density at radius 3 is 2.27 bits per heavy atom. The van der Waals surface area contributed by atoms with E-state index in [0.29, 0.717) is 0 Å². The molecule has 1 amide bonds. The molecule has 0 saturated carbocycles. The Morgan fingerprint density at radius 2 is 1.63 bits per heavy atom. The van der Waals surface area contributed by atoms with E-state index in [2.05, 4.69) is 67.0 Å². The van der Waals surface area contributed by atoms with Crippen LogP contribution in [0.5, 0.6) is 0 Å². The van der Waals surface area contributed by atoms with E-state index < -0.39 is 0 Å². The second-order valence-corrected chi connectivity index (χ2v) is 8.77. The van der Waals surface area contributed by atoms with E-state index in [1.54, 1.807) is 0 Å². The fraction of sp³-hybridized carbons (Fsp3) is 0.480. The fourth-order valence-corrected chi connectivity index (χ4v) is 4.60. The molecule has 2 fully saturated rings. The molecule has 0 aliphatic carbocycles. The third-order valence-electron chi connectivity index (χ3n) is 6.04. The van der Waals surface area contributed by atoms with E-state index >= 15 is 0 Å². The number of anilines is 1. The summed E-state index contributed by atoms with van der Waals surface area (Å²) in [5.74, 6) is 0.138. The minimum atomic E-state index is 0.138. The molecule has 2 saturated heterocycles. The third-order valence-corrected chi connectivity index (χ3v) is 6.04. The predicted molar refractivity (Wildman–Crippen MR) is 121 cm³/mol. The van der Waals surface area contributed by atoms with E-state index in [-0.39, 0.29) is 18.1 Å². The van der Waals surface area contributed by atoms with Crippen molar-refractivity contribution in [1.82, 2.24) is 9.80 Å². The maximum atomic E-state index is 13.0. The number of benzene rings is 2. The maximum Gasteiger partial charge on any atom is 0.253 e. The van der Waals surface area contributed by atoms with Crippen LogP contribution in [0.4, 0.5) is 5.69 Å². The maximum absolute atomic E-state index is 13.0. The van der Waals surface area contributed by atoms with Gasteiger partial charge in [0.15, 0.2) is 0 Å². The molecule has 0 spiro atoms. The number of carbonyl (C=O) groups is 1. The molecule has 160 valence electrons. The highest BCUT2D eigenvalue weighted by atomic mass is 16.5. The number of carbonyl (C=O) groups excluding carboxylic acids is 1. The molecule has 30 heavy (non-hydrogen) atoms. The summed E-state index contributed by atoms with van der Waals surface area (Å²) in [6.07, 6.45) is 0.543. The Balaban J connectivity index is 1.32. The topological polar surface area (TPSA) is 36.0 Å². The number of amides is 1. The summed E-state index contributed by atoms with van der Waals surface area (Å²) in [6.45, 7) is 12.5. The molecule has 2 atom stereocenters. The zero-order chi connectivity index (χ0) is 21.1. The van der Waals surface area contributed by atoms with Crippen molar-refractivity contribution in [3.63, 3.8) is 0 Å². The zero-order valence-corrected chi connectivity index (χ0v) is 18.4. The largest absolute Gasteiger partial charge is 0.373 e. The van der Waals surface area contributed by atoms with E-state index in [1.807, 2.05) is 17.0 Å². The molecule has 2 heterocycles. The van der Waals surface area contributed by atoms with Crippen LogP contribution in [0.25, 0.3) is 0 Å². The summed E-state index contributed by atoms with van der Waals surface area (Å²) < 4.78 is 5.82. The van der Waals surface area contributed by atoms with E-state index in [4.69, 9.17) is 4.74 Å². The SMILES string of the molecule is Cc1cccc(N2CCN(C(=O)c3ccc(CN4C[C@@H](C)O[C@H](C)C4)cc3)CC2)c1. The van der Waals surface area contributed by atoms with Crippen molar-refractivity contribution < 1.29 is 9.53 Å². The summed E-state index contributed by atoms with van der Waals surface area (Å²) >= 11 is 0.